The first kappa shape index (κ1) is 18.5. The molecule has 4 rings (SSSR count). The lowest BCUT2D eigenvalue weighted by Gasteiger charge is -2.39. The third kappa shape index (κ3) is 2.76. The number of rotatable bonds is 3. The first-order valence-corrected chi connectivity index (χ1v) is 10.3. The first-order valence-electron chi connectivity index (χ1n) is 9.45. The lowest BCUT2D eigenvalue weighted by molar-refractivity contribution is -0.145. The number of hydrogen-bond acceptors (Lipinski definition) is 5. The molecule has 2 amide bonds. The van der Waals surface area contributed by atoms with E-state index in [-0.39, 0.29) is 0 Å². The minimum Gasteiger partial charge on any atom is -0.465 e. The minimum atomic E-state index is -1.69. The zero-order valence-corrected chi connectivity index (χ0v) is 16.7. The van der Waals surface area contributed by atoms with Crippen LogP contribution in [-0.2, 0) is 22.4 Å². The molecule has 1 N–H and O–H groups in total. The molecular formula is C21H21N3O3S. The number of nitrogens with zero attached hydrogens (tertiary/aromatic N) is 2. The van der Waals surface area contributed by atoms with Gasteiger partial charge in [-0.15, -0.1) is 11.3 Å². The summed E-state index contributed by atoms with van der Waals surface area (Å²) in [6.45, 7) is 3.78. The molecule has 0 saturated heterocycles. The third-order valence-electron chi connectivity index (χ3n) is 5.38. The van der Waals surface area contributed by atoms with E-state index in [1.165, 1.54) is 18.3 Å². The summed E-state index contributed by atoms with van der Waals surface area (Å²) in [6, 6.07) is 9.42. The van der Waals surface area contributed by atoms with Crippen molar-refractivity contribution in [2.75, 3.05) is 16.8 Å². The highest BCUT2D eigenvalue weighted by atomic mass is 32.1. The first-order chi connectivity index (χ1) is 13.5. The summed E-state index contributed by atoms with van der Waals surface area (Å²) < 4.78 is 5.89. The summed E-state index contributed by atoms with van der Waals surface area (Å²) in [5.74, 6) is -0.473. The van der Waals surface area contributed by atoms with E-state index in [4.69, 9.17) is 4.74 Å². The molecule has 0 fully saturated rings. The average molecular weight is 395 g/mol. The molecule has 1 aliphatic heterocycles. The Morgan fingerprint density at radius 3 is 2.86 bits per heavy atom. The van der Waals surface area contributed by atoms with E-state index in [1.54, 1.807) is 17.0 Å². The highest BCUT2D eigenvalue weighted by Gasteiger charge is 2.50. The number of nitrogens with one attached hydrogen (secondary N) is 1. The Labute approximate surface area is 167 Å². The molecule has 2 heterocycles. The quantitative estimate of drug-likeness (QED) is 0.805. The van der Waals surface area contributed by atoms with Crippen molar-refractivity contribution in [2.45, 2.75) is 45.1 Å². The van der Waals surface area contributed by atoms with Gasteiger partial charge in [0, 0.05) is 11.4 Å². The number of amides is 2. The van der Waals surface area contributed by atoms with Crippen LogP contribution in [-0.4, -0.2) is 24.0 Å². The second kappa shape index (κ2) is 6.95. The normalized spacial score (nSPS) is 20.6. The molecule has 0 saturated carbocycles. The molecule has 0 spiro atoms. The summed E-state index contributed by atoms with van der Waals surface area (Å²) in [5, 5.41) is 12.9. The number of ether oxygens (including phenoxy) is 1. The fraction of sp³-hybridized carbons (Fsp3) is 0.381. The van der Waals surface area contributed by atoms with Crippen molar-refractivity contribution >= 4 is 33.8 Å². The smallest absolute Gasteiger partial charge is 0.280 e. The van der Waals surface area contributed by atoms with Crippen LogP contribution in [0.2, 0.25) is 0 Å². The van der Waals surface area contributed by atoms with Gasteiger partial charge in [-0.05, 0) is 57.2 Å². The number of aryl methyl sites for hydroxylation is 1. The van der Waals surface area contributed by atoms with Gasteiger partial charge in [0.1, 0.15) is 16.8 Å². The second-order valence-electron chi connectivity index (χ2n) is 7.13. The van der Waals surface area contributed by atoms with E-state index in [1.807, 2.05) is 19.1 Å². The van der Waals surface area contributed by atoms with Crippen LogP contribution < -0.4 is 15.0 Å². The van der Waals surface area contributed by atoms with Gasteiger partial charge in [0.2, 0.25) is 0 Å². The van der Waals surface area contributed by atoms with E-state index in [0.717, 1.165) is 36.1 Å². The summed E-state index contributed by atoms with van der Waals surface area (Å²) in [4.78, 5) is 29.0. The molecule has 7 heteroatoms. The Bertz CT molecular complexity index is 1010. The molecular weight excluding hydrogens is 374 g/mol. The van der Waals surface area contributed by atoms with E-state index in [2.05, 4.69) is 11.4 Å². The molecule has 1 aliphatic carbocycles. The van der Waals surface area contributed by atoms with Crippen molar-refractivity contribution in [1.29, 1.82) is 5.26 Å². The predicted octanol–water partition coefficient (Wildman–Crippen LogP) is 3.64. The van der Waals surface area contributed by atoms with Gasteiger partial charge in [0.25, 0.3) is 17.4 Å². The molecule has 0 bridgehead atoms. The van der Waals surface area contributed by atoms with Gasteiger partial charge in [-0.25, -0.2) is 0 Å². The van der Waals surface area contributed by atoms with E-state index >= 15 is 0 Å². The number of para-hydroxylation sites is 2. The fourth-order valence-electron chi connectivity index (χ4n) is 3.85. The Kier molecular flexibility index (Phi) is 4.60. The highest BCUT2D eigenvalue weighted by Crippen LogP contribution is 2.40. The average Bonchev–Trinajstić information content (AvgIpc) is 3.06. The number of nitriles is 1. The van der Waals surface area contributed by atoms with Gasteiger partial charge in [-0.2, -0.15) is 5.26 Å². The van der Waals surface area contributed by atoms with Gasteiger partial charge in [0.05, 0.1) is 11.3 Å². The monoisotopic (exact) mass is 395 g/mol. The molecule has 144 valence electrons. The topological polar surface area (TPSA) is 82.4 Å². The second-order valence-corrected chi connectivity index (χ2v) is 8.24. The molecule has 2 aliphatic rings. The summed E-state index contributed by atoms with van der Waals surface area (Å²) in [7, 11) is 0. The number of benzene rings is 1. The van der Waals surface area contributed by atoms with Crippen molar-refractivity contribution < 1.29 is 14.3 Å². The summed E-state index contributed by atoms with van der Waals surface area (Å²) in [5.41, 5.74) is 0.523. The Morgan fingerprint density at radius 2 is 2.11 bits per heavy atom. The number of carbonyl (C=O) groups is 2. The zero-order valence-electron chi connectivity index (χ0n) is 15.9. The number of anilines is 2. The number of likely N-dealkylation sites (N-methyl/N-ethyl adjacent to an activating group) is 1. The lowest BCUT2D eigenvalue weighted by atomic mass is 9.96. The lowest BCUT2D eigenvalue weighted by Crippen LogP contribution is -2.60. The van der Waals surface area contributed by atoms with Crippen LogP contribution in [0.3, 0.4) is 0 Å². The minimum absolute atomic E-state index is 0.411. The Hall–Kier alpha value is -2.85. The van der Waals surface area contributed by atoms with Crippen LogP contribution >= 0.6 is 11.3 Å². The predicted molar refractivity (Wildman–Crippen MR) is 108 cm³/mol. The van der Waals surface area contributed by atoms with Crippen LogP contribution in [0.5, 0.6) is 5.75 Å². The molecule has 28 heavy (non-hydrogen) atoms. The van der Waals surface area contributed by atoms with Crippen molar-refractivity contribution in [3.8, 4) is 11.8 Å². The van der Waals surface area contributed by atoms with Gasteiger partial charge < -0.3 is 15.0 Å². The van der Waals surface area contributed by atoms with Crippen LogP contribution in [0.1, 0.15) is 42.7 Å². The van der Waals surface area contributed by atoms with Gasteiger partial charge >= 0.3 is 0 Å². The molecule has 1 aromatic carbocycles. The van der Waals surface area contributed by atoms with Gasteiger partial charge in [0.15, 0.2) is 0 Å². The van der Waals surface area contributed by atoms with Crippen molar-refractivity contribution in [3.63, 3.8) is 0 Å². The maximum atomic E-state index is 13.2. The molecule has 1 aromatic heterocycles. The van der Waals surface area contributed by atoms with E-state index in [9.17, 15) is 14.9 Å². The number of fused-ring (bicyclic) bond motifs is 2. The van der Waals surface area contributed by atoms with Crippen molar-refractivity contribution in [2.24, 2.45) is 0 Å². The van der Waals surface area contributed by atoms with E-state index in [0.29, 0.717) is 28.5 Å². The van der Waals surface area contributed by atoms with Crippen LogP contribution in [0.25, 0.3) is 0 Å². The van der Waals surface area contributed by atoms with Crippen LogP contribution in [0.4, 0.5) is 10.7 Å². The van der Waals surface area contributed by atoms with Crippen molar-refractivity contribution in [3.05, 3.63) is 40.3 Å². The number of hydrogen-bond donors (Lipinski definition) is 1. The van der Waals surface area contributed by atoms with E-state index < -0.39 is 17.4 Å². The van der Waals surface area contributed by atoms with Crippen LogP contribution in [0, 0.1) is 11.3 Å². The zero-order chi connectivity index (χ0) is 19.9. The molecule has 2 aromatic rings. The number of carbonyl (C=O) groups excluding carboxylic acids is 2. The molecule has 0 radical (unpaired) electrons. The Balaban J connectivity index is 1.68. The Morgan fingerprint density at radius 1 is 1.36 bits per heavy atom. The van der Waals surface area contributed by atoms with Crippen LogP contribution in [0.15, 0.2) is 24.3 Å². The standard InChI is InChI=1S/C21H21N3O3S/c1-3-24-15-9-5-6-10-16(15)27-21(2,20(24)26)19(25)23-18-14(12-22)13-8-4-7-11-17(13)28-18/h5-6,9-10H,3-4,7-8,11H2,1-2H3,(H,23,25). The largest absolute Gasteiger partial charge is 0.465 e. The van der Waals surface area contributed by atoms with Gasteiger partial charge in [-0.1, -0.05) is 12.1 Å². The van der Waals surface area contributed by atoms with Crippen molar-refractivity contribution in [1.82, 2.24) is 0 Å². The number of thiophene rings is 1. The maximum Gasteiger partial charge on any atom is 0.280 e. The van der Waals surface area contributed by atoms with Gasteiger partial charge in [-0.3, -0.25) is 9.59 Å². The summed E-state index contributed by atoms with van der Waals surface area (Å²) in [6.07, 6.45) is 3.92. The summed E-state index contributed by atoms with van der Waals surface area (Å²) >= 11 is 1.44. The molecule has 6 nitrogen and oxygen atoms in total. The molecule has 1 unspecified atom stereocenters. The highest BCUT2D eigenvalue weighted by molar-refractivity contribution is 7.16. The SMILES string of the molecule is CCN1C(=O)C(C)(C(=O)Nc2sc3c(c2C#N)CCCC3)Oc2ccccc21. The molecule has 1 atom stereocenters. The third-order valence-corrected chi connectivity index (χ3v) is 6.59. The fourth-order valence-corrected chi connectivity index (χ4v) is 5.08. The maximum absolute atomic E-state index is 13.2.